The molecule has 2 aromatic heterocycles. The van der Waals surface area contributed by atoms with Crippen LogP contribution in [0, 0.1) is 11.2 Å². The van der Waals surface area contributed by atoms with Crippen molar-refractivity contribution in [3.8, 4) is 5.82 Å². The van der Waals surface area contributed by atoms with Crippen molar-refractivity contribution in [2.24, 2.45) is 15.4 Å². The van der Waals surface area contributed by atoms with Crippen LogP contribution in [0.15, 0.2) is 32.8 Å². The van der Waals surface area contributed by atoms with Gasteiger partial charge in [0.1, 0.15) is 6.67 Å². The largest absolute Gasteiger partial charge is 0.435 e. The van der Waals surface area contributed by atoms with Crippen LogP contribution in [0.2, 0.25) is 0 Å². The molecule has 5 heterocycles. The molecule has 3 aromatic rings. The number of halogens is 4. The van der Waals surface area contributed by atoms with Crippen molar-refractivity contribution in [1.29, 1.82) is 0 Å². The van der Waals surface area contributed by atoms with Crippen LogP contribution >= 0.6 is 0 Å². The number of hydrogen-bond acceptors (Lipinski definition) is 7. The zero-order valence-electron chi connectivity index (χ0n) is 18.3. The second-order valence-electron chi connectivity index (χ2n) is 9.03. The highest BCUT2D eigenvalue weighted by Crippen LogP contribution is 2.47. The van der Waals surface area contributed by atoms with E-state index in [4.69, 9.17) is 9.26 Å². The summed E-state index contributed by atoms with van der Waals surface area (Å²) in [5.41, 5.74) is -0.774. The number of aliphatic imine (C=N–C) groups is 2. The van der Waals surface area contributed by atoms with Crippen molar-refractivity contribution in [3.63, 3.8) is 0 Å². The monoisotopic (exact) mass is 476 g/mol. The Labute approximate surface area is 190 Å². The SMILES string of the molecule is C[C@@H]1CN2c3c(cc4c(-n5ccc(C(F)(F)F)n5)noc4c3F)CC3(C=NCN=C3)[C@H]2[C@H](C)O1. The third-order valence-electron chi connectivity index (χ3n) is 6.68. The lowest BCUT2D eigenvalue weighted by atomic mass is 9.69. The minimum atomic E-state index is -4.61. The lowest BCUT2D eigenvalue weighted by Crippen LogP contribution is -2.65. The highest BCUT2D eigenvalue weighted by atomic mass is 19.4. The molecule has 0 aliphatic carbocycles. The van der Waals surface area contributed by atoms with Gasteiger partial charge in [-0.2, -0.15) is 18.3 Å². The highest BCUT2D eigenvalue weighted by Gasteiger charge is 2.52. The van der Waals surface area contributed by atoms with Crippen molar-refractivity contribution in [1.82, 2.24) is 14.9 Å². The summed E-state index contributed by atoms with van der Waals surface area (Å²) in [6.45, 7) is 4.66. The molecule has 3 atom stereocenters. The van der Waals surface area contributed by atoms with Crippen molar-refractivity contribution in [2.75, 3.05) is 18.1 Å². The normalized spacial score (nSPS) is 25.7. The first-order valence-electron chi connectivity index (χ1n) is 10.9. The number of rotatable bonds is 1. The minimum absolute atomic E-state index is 0.0157. The first kappa shape index (κ1) is 21.3. The summed E-state index contributed by atoms with van der Waals surface area (Å²) < 4.78 is 67.4. The number of hydrogen-bond donors (Lipinski definition) is 0. The molecule has 1 fully saturated rings. The molecule has 1 saturated heterocycles. The molecule has 0 radical (unpaired) electrons. The van der Waals surface area contributed by atoms with E-state index in [1.807, 2.05) is 31.2 Å². The fourth-order valence-electron chi connectivity index (χ4n) is 5.54. The number of morpholine rings is 1. The summed E-state index contributed by atoms with van der Waals surface area (Å²) in [7, 11) is 0. The molecule has 178 valence electrons. The van der Waals surface area contributed by atoms with E-state index in [0.29, 0.717) is 30.9 Å². The molecule has 0 amide bonds. The van der Waals surface area contributed by atoms with E-state index < -0.39 is 23.1 Å². The molecule has 8 nitrogen and oxygen atoms in total. The average molecular weight is 476 g/mol. The van der Waals surface area contributed by atoms with Crippen LogP contribution in [0.1, 0.15) is 25.1 Å². The number of fused-ring (bicyclic) bond motifs is 5. The van der Waals surface area contributed by atoms with E-state index in [2.05, 4.69) is 20.2 Å². The van der Waals surface area contributed by atoms with E-state index in [0.717, 1.165) is 16.9 Å². The van der Waals surface area contributed by atoms with Crippen LogP contribution in [0.25, 0.3) is 16.8 Å². The molecule has 0 saturated carbocycles. The fraction of sp³-hybridized carbons (Fsp3) is 0.455. The molecule has 0 unspecified atom stereocenters. The van der Waals surface area contributed by atoms with Crippen molar-refractivity contribution in [3.05, 3.63) is 35.4 Å². The average Bonchev–Trinajstić information content (AvgIpc) is 3.40. The van der Waals surface area contributed by atoms with E-state index in [1.54, 1.807) is 6.07 Å². The van der Waals surface area contributed by atoms with Crippen LogP contribution in [0.5, 0.6) is 0 Å². The lowest BCUT2D eigenvalue weighted by Gasteiger charge is -2.54. The third-order valence-corrected chi connectivity index (χ3v) is 6.68. The number of ether oxygens (including phenoxy) is 1. The Kier molecular flexibility index (Phi) is 4.45. The fourth-order valence-corrected chi connectivity index (χ4v) is 5.54. The van der Waals surface area contributed by atoms with Gasteiger partial charge in [-0.15, -0.1) is 0 Å². The summed E-state index contributed by atoms with van der Waals surface area (Å²) in [6.07, 6.45) is 0.256. The van der Waals surface area contributed by atoms with Crippen LogP contribution in [-0.4, -0.2) is 58.8 Å². The topological polar surface area (TPSA) is 81.0 Å². The van der Waals surface area contributed by atoms with Crippen LogP contribution in [0.4, 0.5) is 23.2 Å². The van der Waals surface area contributed by atoms with E-state index >= 15 is 4.39 Å². The lowest BCUT2D eigenvalue weighted by molar-refractivity contribution is -0.141. The molecule has 3 aliphatic heterocycles. The Bertz CT molecular complexity index is 1330. The van der Waals surface area contributed by atoms with Gasteiger partial charge in [0.05, 0.1) is 34.7 Å². The van der Waals surface area contributed by atoms with Crippen LogP contribution < -0.4 is 4.90 Å². The maximum absolute atomic E-state index is 16.0. The summed E-state index contributed by atoms with van der Waals surface area (Å²) in [5, 5.41) is 7.65. The van der Waals surface area contributed by atoms with Gasteiger partial charge in [0.25, 0.3) is 0 Å². The second-order valence-corrected chi connectivity index (χ2v) is 9.03. The summed E-state index contributed by atoms with van der Waals surface area (Å²) in [6, 6.07) is 2.31. The first-order valence-corrected chi connectivity index (χ1v) is 10.9. The van der Waals surface area contributed by atoms with Gasteiger partial charge in [0.15, 0.2) is 11.5 Å². The van der Waals surface area contributed by atoms with E-state index in [1.165, 1.54) is 0 Å². The molecule has 1 aromatic carbocycles. The smallest absolute Gasteiger partial charge is 0.372 e. The summed E-state index contributed by atoms with van der Waals surface area (Å²) >= 11 is 0. The van der Waals surface area contributed by atoms with Gasteiger partial charge in [-0.25, -0.2) is 9.07 Å². The summed E-state index contributed by atoms with van der Waals surface area (Å²) in [5.74, 6) is -0.627. The molecule has 0 N–H and O–H groups in total. The van der Waals surface area contributed by atoms with Crippen molar-refractivity contribution < 1.29 is 26.8 Å². The van der Waals surface area contributed by atoms with Crippen molar-refractivity contribution in [2.45, 2.75) is 44.7 Å². The standard InChI is InChI=1S/C22H20F4N6O2/c1-11-7-31-17-13(6-21(8-27-10-28-9-21)19(31)12(2)33-11)5-14-18(16(17)23)34-30-20(14)32-4-3-15(29-32)22(24,25)26/h3-5,8-9,11-12,19H,6-7,10H2,1-2H3/t11-,12+,19-/m1/s1. The highest BCUT2D eigenvalue weighted by molar-refractivity contribution is 5.96. The predicted octanol–water partition coefficient (Wildman–Crippen LogP) is 3.81. The summed E-state index contributed by atoms with van der Waals surface area (Å²) in [4.78, 5) is 10.8. The molecule has 0 bridgehead atoms. The Hall–Kier alpha value is -3.28. The van der Waals surface area contributed by atoms with Crippen LogP contribution in [-0.2, 0) is 17.3 Å². The maximum Gasteiger partial charge on any atom is 0.435 e. The van der Waals surface area contributed by atoms with Gasteiger partial charge in [-0.05, 0) is 38.0 Å². The molecular formula is C22H20F4N6O2. The Balaban J connectivity index is 1.54. The van der Waals surface area contributed by atoms with Gasteiger partial charge in [0.2, 0.25) is 11.4 Å². The minimum Gasteiger partial charge on any atom is -0.372 e. The Morgan fingerprint density at radius 2 is 1.94 bits per heavy atom. The predicted molar refractivity (Wildman–Crippen MR) is 115 cm³/mol. The van der Waals surface area contributed by atoms with Gasteiger partial charge in [-0.3, -0.25) is 9.98 Å². The second kappa shape index (κ2) is 7.11. The van der Waals surface area contributed by atoms with Gasteiger partial charge < -0.3 is 14.2 Å². The van der Waals surface area contributed by atoms with E-state index in [-0.39, 0.29) is 35.0 Å². The third kappa shape index (κ3) is 3.00. The Morgan fingerprint density at radius 1 is 1.18 bits per heavy atom. The molecular weight excluding hydrogens is 456 g/mol. The van der Waals surface area contributed by atoms with Gasteiger partial charge in [0, 0.05) is 25.2 Å². The number of nitrogens with zero attached hydrogens (tertiary/aromatic N) is 6. The van der Waals surface area contributed by atoms with Gasteiger partial charge >= 0.3 is 6.18 Å². The molecule has 3 aliphatic rings. The number of alkyl halides is 3. The number of aromatic nitrogens is 3. The molecule has 1 spiro atoms. The number of anilines is 1. The molecule has 12 heteroatoms. The molecule has 34 heavy (non-hydrogen) atoms. The van der Waals surface area contributed by atoms with Crippen molar-refractivity contribution >= 4 is 29.1 Å². The molecule has 6 rings (SSSR count). The first-order chi connectivity index (χ1) is 16.2. The zero-order chi connectivity index (χ0) is 23.8. The van der Waals surface area contributed by atoms with Gasteiger partial charge in [-0.1, -0.05) is 5.16 Å². The maximum atomic E-state index is 16.0. The van der Waals surface area contributed by atoms with Crippen LogP contribution in [0.3, 0.4) is 0 Å². The van der Waals surface area contributed by atoms with E-state index in [9.17, 15) is 13.2 Å². The number of benzene rings is 1. The Morgan fingerprint density at radius 3 is 2.65 bits per heavy atom. The zero-order valence-corrected chi connectivity index (χ0v) is 18.3. The quantitative estimate of drug-likeness (QED) is 0.499.